The largest absolute Gasteiger partial charge is 0.353 e. The lowest BCUT2D eigenvalue weighted by Crippen LogP contribution is -2.60. The van der Waals surface area contributed by atoms with Crippen LogP contribution < -0.4 is 4.90 Å². The summed E-state index contributed by atoms with van der Waals surface area (Å²) in [7, 11) is -6.11. The van der Waals surface area contributed by atoms with Crippen molar-refractivity contribution < 1.29 is 23.1 Å². The van der Waals surface area contributed by atoms with Crippen molar-refractivity contribution in [3.63, 3.8) is 0 Å². The summed E-state index contributed by atoms with van der Waals surface area (Å²) in [6.07, 6.45) is 4.84. The number of nitrogens with zero attached hydrogens (tertiary/aromatic N) is 5. The van der Waals surface area contributed by atoms with Crippen molar-refractivity contribution in [1.82, 2.24) is 23.6 Å². The molecule has 1 unspecified atom stereocenters. The van der Waals surface area contributed by atoms with Gasteiger partial charge in [-0.3, -0.25) is 4.79 Å². The molecule has 13 heteroatoms. The highest BCUT2D eigenvalue weighted by Gasteiger charge is 2.57. The minimum atomic E-state index is -4.06. The van der Waals surface area contributed by atoms with Gasteiger partial charge in [-0.2, -0.15) is 12.7 Å². The van der Waals surface area contributed by atoms with Gasteiger partial charge in [-0.15, -0.1) is 0 Å². The Labute approximate surface area is 182 Å². The molecule has 2 saturated heterocycles. The van der Waals surface area contributed by atoms with E-state index in [0.717, 1.165) is 21.2 Å². The van der Waals surface area contributed by atoms with Gasteiger partial charge in [-0.25, -0.2) is 22.7 Å². The van der Waals surface area contributed by atoms with E-state index >= 15 is 0 Å². The smallest absolute Gasteiger partial charge is 0.306 e. The average Bonchev–Trinajstić information content (AvgIpc) is 3.14. The maximum absolute atomic E-state index is 13.3. The van der Waals surface area contributed by atoms with Crippen LogP contribution in [0.5, 0.6) is 0 Å². The first-order valence-electron chi connectivity index (χ1n) is 10.2. The van der Waals surface area contributed by atoms with Crippen molar-refractivity contribution in [1.29, 1.82) is 0 Å². The molecule has 2 aliphatic heterocycles. The fourth-order valence-corrected chi connectivity index (χ4v) is 8.12. The minimum absolute atomic E-state index is 0. The number of hydrogen-bond donors (Lipinski definition) is 1. The first-order chi connectivity index (χ1) is 14.6. The average molecular weight is 471 g/mol. The summed E-state index contributed by atoms with van der Waals surface area (Å²) >= 11 is 0. The van der Waals surface area contributed by atoms with Crippen molar-refractivity contribution in [2.24, 2.45) is 5.92 Å². The predicted molar refractivity (Wildman–Crippen MR) is 115 cm³/mol. The van der Waals surface area contributed by atoms with Gasteiger partial charge in [0.1, 0.15) is 17.8 Å². The number of sulfone groups is 1. The van der Waals surface area contributed by atoms with Crippen LogP contribution in [0.25, 0.3) is 11.0 Å². The zero-order valence-electron chi connectivity index (χ0n) is 17.1. The molecule has 3 aliphatic rings. The number of anilines is 1. The molecule has 1 aliphatic carbocycles. The molecule has 1 N–H and O–H groups in total. The topological polar surface area (TPSA) is 137 Å². The number of aromatic nitrogens is 3. The van der Waals surface area contributed by atoms with Gasteiger partial charge in [0.15, 0.2) is 9.84 Å². The van der Waals surface area contributed by atoms with Crippen LogP contribution in [-0.4, -0.2) is 90.0 Å². The van der Waals surface area contributed by atoms with Crippen molar-refractivity contribution in [3.05, 3.63) is 18.6 Å². The number of carbonyl (C=O) groups is 1. The molecule has 0 radical (unpaired) electrons. The Balaban J connectivity index is 0.00000245. The first kappa shape index (κ1) is 20.6. The number of H-pyrrole nitrogens is 1. The second-order valence-corrected chi connectivity index (χ2v) is 12.7. The number of carbonyl (C=O) groups excluding carboxylic acids is 1. The highest BCUT2D eigenvalue weighted by atomic mass is 32.2. The Morgan fingerprint density at radius 3 is 2.77 bits per heavy atom. The van der Waals surface area contributed by atoms with Crippen LogP contribution in [0.1, 0.15) is 20.7 Å². The fourth-order valence-electron chi connectivity index (χ4n) is 4.67. The summed E-state index contributed by atoms with van der Waals surface area (Å²) in [6, 6.07) is 1.90. The van der Waals surface area contributed by atoms with E-state index in [9.17, 15) is 21.6 Å². The third-order valence-electron chi connectivity index (χ3n) is 6.56. The third-order valence-corrected chi connectivity index (χ3v) is 10.3. The van der Waals surface area contributed by atoms with Crippen LogP contribution in [0.3, 0.4) is 0 Å². The van der Waals surface area contributed by atoms with Gasteiger partial charge in [0, 0.05) is 34.3 Å². The summed E-state index contributed by atoms with van der Waals surface area (Å²) in [5.41, 5.74) is 0.141. The monoisotopic (exact) mass is 470 g/mol. The molecule has 2 aromatic rings. The van der Waals surface area contributed by atoms with E-state index in [0.29, 0.717) is 25.9 Å². The quantitative estimate of drug-likeness (QED) is 0.659. The number of fused-ring (bicyclic) bond motifs is 1. The lowest BCUT2D eigenvalue weighted by atomic mass is 10.1. The van der Waals surface area contributed by atoms with E-state index < -0.39 is 37.4 Å². The van der Waals surface area contributed by atoms with Crippen molar-refractivity contribution in [3.8, 4) is 0 Å². The van der Waals surface area contributed by atoms with E-state index in [1.165, 1.54) is 17.7 Å². The van der Waals surface area contributed by atoms with Gasteiger partial charge >= 0.3 is 10.2 Å². The first-order valence-corrected chi connectivity index (χ1v) is 13.4. The lowest BCUT2D eigenvalue weighted by Gasteiger charge is -2.43. The van der Waals surface area contributed by atoms with E-state index in [2.05, 4.69) is 19.9 Å². The van der Waals surface area contributed by atoms with Crippen LogP contribution in [0, 0.1) is 5.92 Å². The van der Waals surface area contributed by atoms with Crippen LogP contribution in [0.15, 0.2) is 18.6 Å². The van der Waals surface area contributed by atoms with Crippen LogP contribution >= 0.6 is 0 Å². The van der Waals surface area contributed by atoms with Gasteiger partial charge in [0.05, 0.1) is 28.3 Å². The molecule has 31 heavy (non-hydrogen) atoms. The SMILES string of the molecule is CN(C(=O)C1CCS(=O)(=O)C1)S(=O)(=O)N1CCN(c2ncnc3[nH]ccc23)CC12CC2.[HH]. The fraction of sp³-hybridized carbons (Fsp3) is 0.611. The predicted octanol–water partition coefficient (Wildman–Crippen LogP) is -0.00360. The van der Waals surface area contributed by atoms with E-state index in [-0.39, 0.29) is 25.9 Å². The standard InChI is InChI=1S/C18H24N6O5S2.H2/c1-22(17(25)13-3-9-30(26,27)10-13)31(28,29)24-8-7-23(11-18(24)4-5-18)16-14-2-6-19-15(14)20-12-21-16;/h2,6,12-13H,3-5,7-11H2,1H3,(H,19,20,21);1H. The number of rotatable bonds is 4. The molecule has 3 fully saturated rings. The van der Waals surface area contributed by atoms with E-state index in [1.807, 2.05) is 6.07 Å². The summed E-state index contributed by atoms with van der Waals surface area (Å²) in [5, 5.41) is 0.879. The molecule has 1 amide bonds. The summed E-state index contributed by atoms with van der Waals surface area (Å²) in [4.78, 5) is 26.5. The third kappa shape index (κ3) is 3.38. The zero-order valence-corrected chi connectivity index (χ0v) is 18.7. The molecule has 1 saturated carbocycles. The zero-order chi connectivity index (χ0) is 22.0. The Kier molecular flexibility index (Phi) is 4.58. The number of amides is 1. The number of piperazine rings is 1. The van der Waals surface area contributed by atoms with E-state index in [1.54, 1.807) is 6.20 Å². The van der Waals surface area contributed by atoms with Crippen LogP contribution in [-0.2, 0) is 24.8 Å². The molecule has 5 rings (SSSR count). The molecule has 4 heterocycles. The van der Waals surface area contributed by atoms with Gasteiger partial charge in [0.2, 0.25) is 5.91 Å². The van der Waals surface area contributed by atoms with E-state index in [4.69, 9.17) is 0 Å². The van der Waals surface area contributed by atoms with Crippen molar-refractivity contribution in [2.45, 2.75) is 24.8 Å². The Bertz CT molecular complexity index is 1260. The Morgan fingerprint density at radius 1 is 1.32 bits per heavy atom. The number of hydrogen-bond acceptors (Lipinski definition) is 8. The van der Waals surface area contributed by atoms with Gasteiger partial charge in [-0.05, 0) is 25.3 Å². The van der Waals surface area contributed by atoms with Crippen LogP contribution in [0.2, 0.25) is 0 Å². The number of aromatic amines is 1. The molecule has 2 aromatic heterocycles. The summed E-state index contributed by atoms with van der Waals surface area (Å²) < 4.78 is 52.3. The molecule has 1 atom stereocenters. The van der Waals surface area contributed by atoms with Crippen molar-refractivity contribution >= 4 is 42.8 Å². The van der Waals surface area contributed by atoms with Gasteiger partial charge in [-0.1, -0.05) is 0 Å². The highest BCUT2D eigenvalue weighted by molar-refractivity contribution is 7.91. The molecule has 0 bridgehead atoms. The molecular formula is C18H26N6O5S2. The van der Waals surface area contributed by atoms with Gasteiger partial charge < -0.3 is 9.88 Å². The molecule has 11 nitrogen and oxygen atoms in total. The Morgan fingerprint density at radius 2 is 2.10 bits per heavy atom. The Hall–Kier alpha value is -2.25. The molecule has 170 valence electrons. The van der Waals surface area contributed by atoms with Crippen molar-refractivity contribution in [2.75, 3.05) is 43.1 Å². The number of nitrogens with one attached hydrogen (secondary N) is 1. The maximum Gasteiger partial charge on any atom is 0.306 e. The normalized spacial score (nSPS) is 25.2. The lowest BCUT2D eigenvalue weighted by molar-refractivity contribution is -0.129. The highest BCUT2D eigenvalue weighted by Crippen LogP contribution is 2.47. The second-order valence-electron chi connectivity index (χ2n) is 8.57. The summed E-state index contributed by atoms with van der Waals surface area (Å²) in [5.74, 6) is -1.05. The molecular weight excluding hydrogens is 444 g/mol. The van der Waals surface area contributed by atoms with Gasteiger partial charge in [0.25, 0.3) is 0 Å². The second kappa shape index (κ2) is 6.87. The summed E-state index contributed by atoms with van der Waals surface area (Å²) in [6.45, 7) is 1.13. The maximum atomic E-state index is 13.3. The molecule has 0 aromatic carbocycles. The molecule has 1 spiro atoms. The van der Waals surface area contributed by atoms with Crippen LogP contribution in [0.4, 0.5) is 5.82 Å². The minimum Gasteiger partial charge on any atom is -0.353 e.